The van der Waals surface area contributed by atoms with Gasteiger partial charge in [-0.05, 0) is 55.5 Å². The predicted octanol–water partition coefficient (Wildman–Crippen LogP) is 4.55. The van der Waals surface area contributed by atoms with E-state index in [4.69, 9.17) is 5.10 Å². The number of piperidine rings is 1. The van der Waals surface area contributed by atoms with E-state index in [2.05, 4.69) is 53.3 Å². The number of hydrogen-bond acceptors (Lipinski definition) is 4. The smallest absolute Gasteiger partial charge is 0.225 e. The summed E-state index contributed by atoms with van der Waals surface area (Å²) in [7, 11) is 0. The Hall–Kier alpha value is -3.67. The third-order valence-electron chi connectivity index (χ3n) is 6.57. The Morgan fingerprint density at radius 3 is 2.76 bits per heavy atom. The molecule has 0 saturated carbocycles. The summed E-state index contributed by atoms with van der Waals surface area (Å²) in [5.41, 5.74) is 6.64. The summed E-state index contributed by atoms with van der Waals surface area (Å²) in [6.45, 7) is 6.36. The molecule has 4 aromatic rings. The van der Waals surface area contributed by atoms with Crippen LogP contribution in [-0.4, -0.2) is 33.6 Å². The van der Waals surface area contributed by atoms with Gasteiger partial charge in [-0.25, -0.2) is 9.50 Å². The number of aryl methyl sites for hydroxylation is 2. The molecule has 0 unspecified atom stereocenters. The average Bonchev–Trinajstić information content (AvgIpc) is 3.29. The molecule has 2 aromatic heterocycles. The number of benzene rings is 2. The molecule has 1 saturated heterocycles. The summed E-state index contributed by atoms with van der Waals surface area (Å²) in [6.07, 6.45) is 5.54. The number of carbonyl (C=O) groups is 1. The number of rotatable bonds is 5. The van der Waals surface area contributed by atoms with Gasteiger partial charge in [0.25, 0.3) is 0 Å². The number of nitrogens with one attached hydrogen (secondary N) is 1. The van der Waals surface area contributed by atoms with Crippen LogP contribution in [0, 0.1) is 19.8 Å². The number of anilines is 1. The number of hydrogen-bond donors (Lipinski definition) is 1. The maximum atomic E-state index is 12.9. The van der Waals surface area contributed by atoms with Crippen molar-refractivity contribution in [3.05, 3.63) is 83.7 Å². The van der Waals surface area contributed by atoms with Crippen LogP contribution in [0.3, 0.4) is 0 Å². The van der Waals surface area contributed by atoms with Crippen LogP contribution in [0.1, 0.15) is 29.5 Å². The molecule has 1 atom stereocenters. The minimum absolute atomic E-state index is 0.0494. The first kappa shape index (κ1) is 21.2. The molecule has 33 heavy (non-hydrogen) atoms. The molecule has 2 aromatic carbocycles. The summed E-state index contributed by atoms with van der Waals surface area (Å²) in [4.78, 5) is 19.8. The third-order valence-corrected chi connectivity index (χ3v) is 6.57. The second-order valence-electron chi connectivity index (χ2n) is 8.90. The highest BCUT2D eigenvalue weighted by molar-refractivity contribution is 5.81. The van der Waals surface area contributed by atoms with E-state index in [-0.39, 0.29) is 11.8 Å². The van der Waals surface area contributed by atoms with Crippen LogP contribution in [0.25, 0.3) is 16.8 Å². The van der Waals surface area contributed by atoms with Gasteiger partial charge in [0.15, 0.2) is 5.82 Å². The van der Waals surface area contributed by atoms with Gasteiger partial charge in [-0.2, -0.15) is 5.10 Å². The van der Waals surface area contributed by atoms with Crippen molar-refractivity contribution in [3.8, 4) is 11.3 Å². The SMILES string of the molecule is Cc1ccc(-c2cc3c(N4CCC[C@@H](C(=O)NCc5ccccc5)C4)nccn3n2)cc1C. The molecular formula is C27H29N5O. The fourth-order valence-corrected chi connectivity index (χ4v) is 4.51. The zero-order chi connectivity index (χ0) is 22.8. The lowest BCUT2D eigenvalue weighted by molar-refractivity contribution is -0.125. The fraction of sp³-hybridized carbons (Fsp3) is 0.296. The number of aromatic nitrogens is 3. The summed E-state index contributed by atoms with van der Waals surface area (Å²) in [5.74, 6) is 0.951. The molecule has 0 spiro atoms. The zero-order valence-corrected chi connectivity index (χ0v) is 19.2. The Morgan fingerprint density at radius 2 is 1.94 bits per heavy atom. The van der Waals surface area contributed by atoms with Crippen molar-refractivity contribution in [2.75, 3.05) is 18.0 Å². The highest BCUT2D eigenvalue weighted by Gasteiger charge is 2.27. The standard InChI is InChI=1S/C27H29N5O/c1-19-10-11-22(15-20(19)2)24-16-25-26(28-12-14-32(25)30-24)31-13-6-9-23(18-31)27(33)29-17-21-7-4-3-5-8-21/h3-5,7-8,10-12,14-16,23H,6,9,13,17-18H2,1-2H3,(H,29,33)/t23-/m1/s1. The first-order valence-electron chi connectivity index (χ1n) is 11.6. The molecule has 3 heterocycles. The van der Waals surface area contributed by atoms with Crippen LogP contribution in [0.15, 0.2) is 67.0 Å². The van der Waals surface area contributed by atoms with Crippen LogP contribution in [-0.2, 0) is 11.3 Å². The summed E-state index contributed by atoms with van der Waals surface area (Å²) in [6, 6.07) is 18.6. The molecule has 6 heteroatoms. The number of amides is 1. The van der Waals surface area contributed by atoms with E-state index in [1.54, 1.807) is 6.20 Å². The van der Waals surface area contributed by atoms with E-state index in [1.807, 2.05) is 41.0 Å². The molecule has 5 rings (SSSR count). The van der Waals surface area contributed by atoms with Gasteiger partial charge < -0.3 is 10.2 Å². The van der Waals surface area contributed by atoms with Gasteiger partial charge in [-0.3, -0.25) is 4.79 Å². The van der Waals surface area contributed by atoms with Gasteiger partial charge in [-0.1, -0.05) is 42.5 Å². The normalized spacial score (nSPS) is 16.2. The molecule has 0 aliphatic carbocycles. The first-order chi connectivity index (χ1) is 16.1. The molecule has 1 aliphatic heterocycles. The molecule has 0 bridgehead atoms. The molecule has 1 amide bonds. The second kappa shape index (κ2) is 9.06. The Bertz CT molecular complexity index is 1280. The molecule has 1 N–H and O–H groups in total. The molecule has 1 fully saturated rings. The Labute approximate surface area is 194 Å². The van der Waals surface area contributed by atoms with Crippen LogP contribution in [0.5, 0.6) is 0 Å². The number of carbonyl (C=O) groups excluding carboxylic acids is 1. The van der Waals surface area contributed by atoms with Crippen LogP contribution in [0.2, 0.25) is 0 Å². The van der Waals surface area contributed by atoms with Crippen LogP contribution < -0.4 is 10.2 Å². The van der Waals surface area contributed by atoms with Crippen molar-refractivity contribution in [1.29, 1.82) is 0 Å². The average molecular weight is 440 g/mol. The number of fused-ring (bicyclic) bond motifs is 1. The highest BCUT2D eigenvalue weighted by Crippen LogP contribution is 2.29. The summed E-state index contributed by atoms with van der Waals surface area (Å²) in [5, 5.41) is 7.91. The van der Waals surface area contributed by atoms with Gasteiger partial charge in [-0.15, -0.1) is 0 Å². The topological polar surface area (TPSA) is 62.5 Å². The molecule has 168 valence electrons. The van der Waals surface area contributed by atoms with Gasteiger partial charge in [0.2, 0.25) is 5.91 Å². The lowest BCUT2D eigenvalue weighted by Gasteiger charge is -2.33. The minimum atomic E-state index is -0.0494. The third kappa shape index (κ3) is 4.46. The minimum Gasteiger partial charge on any atom is -0.354 e. The van der Waals surface area contributed by atoms with E-state index in [1.165, 1.54) is 11.1 Å². The molecule has 6 nitrogen and oxygen atoms in total. The van der Waals surface area contributed by atoms with E-state index < -0.39 is 0 Å². The lowest BCUT2D eigenvalue weighted by atomic mass is 9.97. The van der Waals surface area contributed by atoms with E-state index in [9.17, 15) is 4.79 Å². The van der Waals surface area contributed by atoms with Crippen LogP contribution in [0.4, 0.5) is 5.82 Å². The summed E-state index contributed by atoms with van der Waals surface area (Å²) >= 11 is 0. The maximum Gasteiger partial charge on any atom is 0.225 e. The van der Waals surface area contributed by atoms with Crippen LogP contribution >= 0.6 is 0 Å². The fourth-order valence-electron chi connectivity index (χ4n) is 4.51. The van der Waals surface area contributed by atoms with Crippen molar-refractivity contribution in [3.63, 3.8) is 0 Å². The van der Waals surface area contributed by atoms with E-state index in [0.717, 1.165) is 47.5 Å². The van der Waals surface area contributed by atoms with E-state index >= 15 is 0 Å². The second-order valence-corrected chi connectivity index (χ2v) is 8.90. The molecule has 0 radical (unpaired) electrons. The van der Waals surface area contributed by atoms with Crippen molar-refractivity contribution in [2.24, 2.45) is 5.92 Å². The first-order valence-corrected chi connectivity index (χ1v) is 11.6. The Morgan fingerprint density at radius 1 is 1.09 bits per heavy atom. The Balaban J connectivity index is 1.35. The zero-order valence-electron chi connectivity index (χ0n) is 19.2. The van der Waals surface area contributed by atoms with Gasteiger partial charge in [0.05, 0.1) is 11.6 Å². The molecular weight excluding hydrogens is 410 g/mol. The molecule has 1 aliphatic rings. The van der Waals surface area contributed by atoms with E-state index in [0.29, 0.717) is 13.1 Å². The monoisotopic (exact) mass is 439 g/mol. The quantitative estimate of drug-likeness (QED) is 0.496. The van der Waals surface area contributed by atoms with Crippen molar-refractivity contribution in [1.82, 2.24) is 19.9 Å². The largest absolute Gasteiger partial charge is 0.354 e. The maximum absolute atomic E-state index is 12.9. The van der Waals surface area contributed by atoms with Crippen molar-refractivity contribution in [2.45, 2.75) is 33.2 Å². The van der Waals surface area contributed by atoms with Gasteiger partial charge in [0, 0.05) is 37.6 Å². The number of nitrogens with zero attached hydrogens (tertiary/aromatic N) is 4. The Kier molecular flexibility index (Phi) is 5.82. The predicted molar refractivity (Wildman–Crippen MR) is 131 cm³/mol. The van der Waals surface area contributed by atoms with Crippen molar-refractivity contribution < 1.29 is 4.79 Å². The van der Waals surface area contributed by atoms with Gasteiger partial charge in [0.1, 0.15) is 5.52 Å². The van der Waals surface area contributed by atoms with Crippen molar-refractivity contribution >= 4 is 17.2 Å². The van der Waals surface area contributed by atoms with Gasteiger partial charge >= 0.3 is 0 Å². The highest BCUT2D eigenvalue weighted by atomic mass is 16.1. The summed E-state index contributed by atoms with van der Waals surface area (Å²) < 4.78 is 1.89. The lowest BCUT2D eigenvalue weighted by Crippen LogP contribution is -2.43.